The fraction of sp³-hybridized carbons (Fsp3) is 0. The normalized spacial score (nSPS) is 10.9. The Kier molecular flexibility index (Phi) is 4.77. The molecule has 2 aromatic rings. The molecule has 112 valence electrons. The van der Waals surface area contributed by atoms with Gasteiger partial charge in [0.1, 0.15) is 11.6 Å². The average molecular weight is 368 g/mol. The molecule has 4 nitrogen and oxygen atoms in total. The number of carbonyl (C=O) groups is 1. The van der Waals surface area contributed by atoms with Crippen LogP contribution in [0.3, 0.4) is 0 Å². The summed E-state index contributed by atoms with van der Waals surface area (Å²) in [4.78, 5) is 22.1. The largest absolute Gasteiger partial charge is 0.289 e. The van der Waals surface area contributed by atoms with Gasteiger partial charge in [-0.3, -0.25) is 14.9 Å². The van der Waals surface area contributed by atoms with E-state index in [0.29, 0.717) is 16.1 Å². The van der Waals surface area contributed by atoms with Crippen molar-refractivity contribution in [2.24, 2.45) is 0 Å². The zero-order chi connectivity index (χ0) is 16.3. The molecule has 0 aliphatic carbocycles. The molecule has 0 atom stereocenters. The van der Waals surface area contributed by atoms with Gasteiger partial charge >= 0.3 is 0 Å². The summed E-state index contributed by atoms with van der Waals surface area (Å²) in [7, 11) is 0. The van der Waals surface area contributed by atoms with Crippen LogP contribution in [0.15, 0.2) is 46.9 Å². The van der Waals surface area contributed by atoms with Crippen molar-refractivity contribution in [3.63, 3.8) is 0 Å². The van der Waals surface area contributed by atoms with Crippen LogP contribution in [0, 0.1) is 21.7 Å². The lowest BCUT2D eigenvalue weighted by atomic mass is 10.1. The van der Waals surface area contributed by atoms with Gasteiger partial charge in [-0.25, -0.2) is 8.78 Å². The van der Waals surface area contributed by atoms with E-state index < -0.39 is 22.3 Å². The molecule has 2 rings (SSSR count). The van der Waals surface area contributed by atoms with Crippen LogP contribution >= 0.6 is 15.9 Å². The van der Waals surface area contributed by atoms with Crippen LogP contribution in [0.25, 0.3) is 6.08 Å². The Hall–Kier alpha value is -2.41. The number of ketones is 1. The zero-order valence-electron chi connectivity index (χ0n) is 10.9. The van der Waals surface area contributed by atoms with Gasteiger partial charge in [0.05, 0.1) is 15.0 Å². The van der Waals surface area contributed by atoms with E-state index in [1.807, 2.05) is 0 Å². The third kappa shape index (κ3) is 3.62. The van der Waals surface area contributed by atoms with Gasteiger partial charge in [-0.15, -0.1) is 0 Å². The highest BCUT2D eigenvalue weighted by Gasteiger charge is 2.12. The summed E-state index contributed by atoms with van der Waals surface area (Å²) in [6.45, 7) is 0. The Morgan fingerprint density at radius 1 is 1.18 bits per heavy atom. The van der Waals surface area contributed by atoms with Gasteiger partial charge in [-0.05, 0) is 45.8 Å². The second-order valence-corrected chi connectivity index (χ2v) is 5.14. The van der Waals surface area contributed by atoms with Gasteiger partial charge in [0.15, 0.2) is 5.78 Å². The Morgan fingerprint density at radius 2 is 1.91 bits per heavy atom. The minimum Gasteiger partial charge on any atom is -0.289 e. The highest BCUT2D eigenvalue weighted by atomic mass is 79.9. The minimum atomic E-state index is -0.962. The monoisotopic (exact) mass is 367 g/mol. The van der Waals surface area contributed by atoms with Gasteiger partial charge in [-0.2, -0.15) is 0 Å². The number of nitro groups is 1. The maximum Gasteiger partial charge on any atom is 0.284 e. The van der Waals surface area contributed by atoms with Crippen molar-refractivity contribution in [2.75, 3.05) is 0 Å². The van der Waals surface area contributed by atoms with Crippen molar-refractivity contribution in [3.8, 4) is 0 Å². The molecule has 0 saturated carbocycles. The predicted octanol–water partition coefficient (Wildman–Crippen LogP) is 4.53. The van der Waals surface area contributed by atoms with Crippen molar-refractivity contribution in [1.82, 2.24) is 0 Å². The Balaban J connectivity index is 2.26. The Morgan fingerprint density at radius 3 is 2.55 bits per heavy atom. The smallest absolute Gasteiger partial charge is 0.284 e. The van der Waals surface area contributed by atoms with Crippen LogP contribution in [-0.4, -0.2) is 10.7 Å². The van der Waals surface area contributed by atoms with Gasteiger partial charge in [-0.1, -0.05) is 12.1 Å². The van der Waals surface area contributed by atoms with Crippen molar-refractivity contribution >= 4 is 33.5 Å². The third-order valence-electron chi connectivity index (χ3n) is 2.79. The fourth-order valence-corrected chi connectivity index (χ4v) is 2.12. The van der Waals surface area contributed by atoms with Crippen LogP contribution in [-0.2, 0) is 0 Å². The van der Waals surface area contributed by atoms with Gasteiger partial charge in [0, 0.05) is 12.1 Å². The van der Waals surface area contributed by atoms with E-state index in [1.165, 1.54) is 18.2 Å². The fourth-order valence-electron chi connectivity index (χ4n) is 1.72. The summed E-state index contributed by atoms with van der Waals surface area (Å²) in [6.07, 6.45) is 2.40. The summed E-state index contributed by atoms with van der Waals surface area (Å²) in [6, 6.07) is 6.94. The molecule has 0 bridgehead atoms. The first-order valence-corrected chi connectivity index (χ1v) is 6.79. The molecule has 0 saturated heterocycles. The lowest BCUT2D eigenvalue weighted by Gasteiger charge is -1.99. The maximum atomic E-state index is 13.5. The number of hydrogen-bond donors (Lipinski definition) is 0. The number of allylic oxidation sites excluding steroid dienone is 1. The molecule has 0 radical (unpaired) electrons. The molecule has 0 amide bonds. The van der Waals surface area contributed by atoms with E-state index in [1.54, 1.807) is 6.07 Å². The minimum absolute atomic E-state index is 0.150. The van der Waals surface area contributed by atoms with Crippen molar-refractivity contribution < 1.29 is 18.5 Å². The van der Waals surface area contributed by atoms with E-state index >= 15 is 0 Å². The lowest BCUT2D eigenvalue weighted by Crippen LogP contribution is -1.99. The molecule has 0 spiro atoms. The van der Waals surface area contributed by atoms with Crippen LogP contribution in [0.5, 0.6) is 0 Å². The van der Waals surface area contributed by atoms with E-state index in [-0.39, 0.29) is 11.3 Å². The maximum absolute atomic E-state index is 13.5. The average Bonchev–Trinajstić information content (AvgIpc) is 2.45. The second kappa shape index (κ2) is 6.57. The number of halogens is 3. The summed E-state index contributed by atoms with van der Waals surface area (Å²) in [5.74, 6) is -2.40. The molecule has 7 heteroatoms. The molecular formula is C15H8BrF2NO3. The van der Waals surface area contributed by atoms with E-state index in [0.717, 1.165) is 18.2 Å². The quantitative estimate of drug-likeness (QED) is 0.345. The number of nitro benzene ring substituents is 1. The summed E-state index contributed by atoms with van der Waals surface area (Å²) in [5, 5.41) is 10.8. The van der Waals surface area contributed by atoms with Gasteiger partial charge < -0.3 is 0 Å². The number of nitrogens with zero attached hydrogens (tertiary/aromatic N) is 1. The van der Waals surface area contributed by atoms with Crippen LogP contribution in [0.1, 0.15) is 15.9 Å². The van der Waals surface area contributed by atoms with Gasteiger partial charge in [0.25, 0.3) is 5.69 Å². The summed E-state index contributed by atoms with van der Waals surface area (Å²) < 4.78 is 26.6. The van der Waals surface area contributed by atoms with Crippen molar-refractivity contribution in [1.29, 1.82) is 0 Å². The lowest BCUT2D eigenvalue weighted by molar-refractivity contribution is -0.385. The zero-order valence-corrected chi connectivity index (χ0v) is 12.5. The Bertz CT molecular complexity index is 790. The number of hydrogen-bond acceptors (Lipinski definition) is 3. The first kappa shape index (κ1) is 16.0. The van der Waals surface area contributed by atoms with Crippen LogP contribution in [0.4, 0.5) is 14.5 Å². The van der Waals surface area contributed by atoms with Gasteiger partial charge in [0.2, 0.25) is 0 Å². The van der Waals surface area contributed by atoms with E-state index in [2.05, 4.69) is 15.9 Å². The van der Waals surface area contributed by atoms with Crippen LogP contribution in [0.2, 0.25) is 0 Å². The molecule has 0 aliphatic rings. The SMILES string of the molecule is O=C(/C=C/c1ccc(Br)c([N+](=O)[O-])c1)c1ccc(F)cc1F. The molecule has 2 aromatic carbocycles. The summed E-state index contributed by atoms with van der Waals surface area (Å²) in [5.41, 5.74) is -0.0161. The molecular weight excluding hydrogens is 360 g/mol. The molecule has 0 N–H and O–H groups in total. The number of carbonyl (C=O) groups excluding carboxylic acids is 1. The number of rotatable bonds is 4. The molecule has 0 aromatic heterocycles. The third-order valence-corrected chi connectivity index (χ3v) is 3.46. The van der Waals surface area contributed by atoms with E-state index in [9.17, 15) is 23.7 Å². The van der Waals surface area contributed by atoms with E-state index in [4.69, 9.17) is 0 Å². The first-order chi connectivity index (χ1) is 10.4. The second-order valence-electron chi connectivity index (χ2n) is 4.29. The predicted molar refractivity (Wildman–Crippen MR) is 80.5 cm³/mol. The molecule has 0 unspecified atom stereocenters. The van der Waals surface area contributed by atoms with Crippen LogP contribution < -0.4 is 0 Å². The molecule has 22 heavy (non-hydrogen) atoms. The highest BCUT2D eigenvalue weighted by molar-refractivity contribution is 9.10. The number of benzene rings is 2. The summed E-state index contributed by atoms with van der Waals surface area (Å²) >= 11 is 3.05. The first-order valence-electron chi connectivity index (χ1n) is 6.00. The standard InChI is InChI=1S/C15H8BrF2NO3/c16-12-5-1-9(7-14(12)19(21)22)2-6-15(20)11-4-3-10(17)8-13(11)18/h1-8H/b6-2+. The highest BCUT2D eigenvalue weighted by Crippen LogP contribution is 2.26. The molecule has 0 aliphatic heterocycles. The Labute approximate surface area is 132 Å². The molecule has 0 heterocycles. The molecule has 0 fully saturated rings. The van der Waals surface area contributed by atoms with Crippen molar-refractivity contribution in [3.05, 3.63) is 79.8 Å². The van der Waals surface area contributed by atoms with Crippen molar-refractivity contribution in [2.45, 2.75) is 0 Å². The topological polar surface area (TPSA) is 60.2 Å².